The first-order valence-electron chi connectivity index (χ1n) is 13.6. The molecule has 2 aliphatic rings. The molecular weight excluding hydrogens is 576 g/mol. The Morgan fingerprint density at radius 3 is 2.26 bits per heavy atom. The molecule has 0 spiro atoms. The van der Waals surface area contributed by atoms with Gasteiger partial charge in [0.1, 0.15) is 5.82 Å². The van der Waals surface area contributed by atoms with E-state index in [1.165, 1.54) is 24.5 Å². The van der Waals surface area contributed by atoms with Gasteiger partial charge in [-0.2, -0.15) is 13.2 Å². The van der Waals surface area contributed by atoms with Gasteiger partial charge in [-0.1, -0.05) is 11.6 Å². The van der Waals surface area contributed by atoms with E-state index in [1.807, 2.05) is 30.7 Å². The van der Waals surface area contributed by atoms with Crippen LogP contribution in [0.1, 0.15) is 29.8 Å². The van der Waals surface area contributed by atoms with Gasteiger partial charge in [-0.15, -0.1) is 0 Å². The van der Waals surface area contributed by atoms with E-state index in [-0.39, 0.29) is 33.9 Å². The lowest BCUT2D eigenvalue weighted by Crippen LogP contribution is -2.55. The zero-order valence-corrected chi connectivity index (χ0v) is 24.1. The third-order valence-corrected chi connectivity index (χ3v) is 7.98. The third kappa shape index (κ3) is 6.45. The molecule has 8 nitrogen and oxygen atoms in total. The second-order valence-corrected chi connectivity index (χ2v) is 11.1. The van der Waals surface area contributed by atoms with E-state index in [9.17, 15) is 18.0 Å². The molecule has 1 N–H and O–H groups in total. The average molecular weight is 607 g/mol. The van der Waals surface area contributed by atoms with Crippen LogP contribution in [0.3, 0.4) is 0 Å². The van der Waals surface area contributed by atoms with Gasteiger partial charge in [-0.05, 0) is 51.2 Å². The van der Waals surface area contributed by atoms with E-state index < -0.39 is 23.5 Å². The van der Waals surface area contributed by atoms with Gasteiger partial charge in [-0.25, -0.2) is 14.4 Å². The number of benzene rings is 2. The Morgan fingerprint density at radius 2 is 1.64 bits per heavy atom. The van der Waals surface area contributed by atoms with Crippen LogP contribution >= 0.6 is 11.6 Å². The van der Waals surface area contributed by atoms with Gasteiger partial charge in [0.05, 0.1) is 30.2 Å². The molecule has 2 atom stereocenters. The summed E-state index contributed by atoms with van der Waals surface area (Å²) in [5.74, 6) is -0.863. The molecule has 224 valence electrons. The maximum absolute atomic E-state index is 15.7. The number of carbonyl (C=O) groups is 1. The molecular formula is C29H31ClF4N6O2. The zero-order chi connectivity index (χ0) is 30.2. The van der Waals surface area contributed by atoms with Gasteiger partial charge < -0.3 is 19.9 Å². The Bertz CT molecular complexity index is 1440. The highest BCUT2D eigenvalue weighted by Gasteiger charge is 2.32. The van der Waals surface area contributed by atoms with Crippen LogP contribution in [0.25, 0.3) is 11.1 Å². The summed E-state index contributed by atoms with van der Waals surface area (Å²) < 4.78 is 61.3. The third-order valence-electron chi connectivity index (χ3n) is 7.76. The summed E-state index contributed by atoms with van der Waals surface area (Å²) in [4.78, 5) is 28.3. The van der Waals surface area contributed by atoms with Crippen molar-refractivity contribution in [2.45, 2.75) is 32.1 Å². The summed E-state index contributed by atoms with van der Waals surface area (Å²) in [6, 6.07) is 5.72. The highest BCUT2D eigenvalue weighted by Crippen LogP contribution is 2.37. The number of anilines is 3. The summed E-state index contributed by atoms with van der Waals surface area (Å²) >= 11 is 5.93. The average Bonchev–Trinajstić information content (AvgIpc) is 2.96. The predicted molar refractivity (Wildman–Crippen MR) is 154 cm³/mol. The monoisotopic (exact) mass is 606 g/mol. The van der Waals surface area contributed by atoms with Crippen molar-refractivity contribution in [3.05, 3.63) is 64.7 Å². The lowest BCUT2D eigenvalue weighted by molar-refractivity contribution is -0.137. The molecule has 1 aromatic heterocycles. The number of halogens is 5. The van der Waals surface area contributed by atoms with Crippen molar-refractivity contribution in [2.75, 3.05) is 61.6 Å². The molecule has 2 aliphatic heterocycles. The topological polar surface area (TPSA) is 73.8 Å². The van der Waals surface area contributed by atoms with Crippen molar-refractivity contribution in [1.82, 2.24) is 14.9 Å². The van der Waals surface area contributed by atoms with Gasteiger partial charge >= 0.3 is 6.18 Å². The number of morpholine rings is 1. The van der Waals surface area contributed by atoms with Gasteiger partial charge in [0.15, 0.2) is 0 Å². The van der Waals surface area contributed by atoms with E-state index in [2.05, 4.69) is 20.2 Å². The van der Waals surface area contributed by atoms with Crippen LogP contribution in [-0.4, -0.2) is 79.3 Å². The smallest absolute Gasteiger partial charge is 0.378 e. The molecule has 5 rings (SSSR count). The number of rotatable bonds is 5. The van der Waals surface area contributed by atoms with E-state index in [1.54, 1.807) is 0 Å². The minimum Gasteiger partial charge on any atom is -0.378 e. The van der Waals surface area contributed by atoms with Crippen molar-refractivity contribution in [1.29, 1.82) is 0 Å². The summed E-state index contributed by atoms with van der Waals surface area (Å²) in [5.41, 5.74) is -0.135. The van der Waals surface area contributed by atoms with Crippen molar-refractivity contribution >= 4 is 34.8 Å². The van der Waals surface area contributed by atoms with Gasteiger partial charge in [-0.3, -0.25) is 9.69 Å². The predicted octanol–water partition coefficient (Wildman–Crippen LogP) is 5.57. The maximum atomic E-state index is 15.7. The Balaban J connectivity index is 1.52. The number of likely N-dealkylation sites (N-methyl/N-ethyl adjacent to an activating group) is 1. The molecule has 3 aromatic rings. The number of hydrogen-bond acceptors (Lipinski definition) is 7. The highest BCUT2D eigenvalue weighted by molar-refractivity contribution is 6.31. The molecule has 42 heavy (non-hydrogen) atoms. The molecule has 2 aromatic carbocycles. The lowest BCUT2D eigenvalue weighted by atomic mass is 10.0. The number of carbonyl (C=O) groups excluding carboxylic acids is 1. The molecule has 3 heterocycles. The molecule has 1 amide bonds. The molecule has 2 fully saturated rings. The first-order chi connectivity index (χ1) is 19.9. The summed E-state index contributed by atoms with van der Waals surface area (Å²) in [7, 11) is 2.01. The van der Waals surface area contributed by atoms with E-state index in [4.69, 9.17) is 16.3 Å². The van der Waals surface area contributed by atoms with Crippen molar-refractivity contribution < 1.29 is 27.1 Å². The molecule has 0 saturated carbocycles. The largest absolute Gasteiger partial charge is 0.416 e. The fourth-order valence-electron chi connectivity index (χ4n) is 5.21. The number of piperazine rings is 1. The van der Waals surface area contributed by atoms with E-state index >= 15 is 4.39 Å². The minimum atomic E-state index is -4.69. The number of ether oxygens (including phenoxy) is 1. The number of amides is 1. The Hall–Kier alpha value is -3.48. The van der Waals surface area contributed by atoms with Crippen LogP contribution in [-0.2, 0) is 10.9 Å². The first kappa shape index (κ1) is 30.0. The molecule has 13 heteroatoms. The van der Waals surface area contributed by atoms with Crippen LogP contribution in [0.5, 0.6) is 0 Å². The second-order valence-electron chi connectivity index (χ2n) is 10.7. The second kappa shape index (κ2) is 12.0. The number of nitrogens with zero attached hydrogens (tertiary/aromatic N) is 5. The fraction of sp³-hybridized carbons (Fsp3) is 0.414. The van der Waals surface area contributed by atoms with Gasteiger partial charge in [0.2, 0.25) is 5.95 Å². The van der Waals surface area contributed by atoms with Gasteiger partial charge in [0, 0.05) is 72.4 Å². The minimum absolute atomic E-state index is 0.128. The van der Waals surface area contributed by atoms with Crippen LogP contribution in [0.15, 0.2) is 42.7 Å². The highest BCUT2D eigenvalue weighted by atomic mass is 35.5. The van der Waals surface area contributed by atoms with Crippen LogP contribution in [0.4, 0.5) is 34.9 Å². The summed E-state index contributed by atoms with van der Waals surface area (Å²) in [6.45, 7) is 7.59. The number of aromatic nitrogens is 2. The first-order valence-corrected chi connectivity index (χ1v) is 13.9. The van der Waals surface area contributed by atoms with Crippen molar-refractivity contribution in [2.24, 2.45) is 0 Å². The Kier molecular flexibility index (Phi) is 8.58. The van der Waals surface area contributed by atoms with E-state index in [0.29, 0.717) is 56.6 Å². The number of hydrogen-bond donors (Lipinski definition) is 1. The summed E-state index contributed by atoms with van der Waals surface area (Å²) in [6.07, 6.45) is -1.67. The standard InChI is InChI=1S/C29H31ClF4N6O2/c1-17-15-40(16-18(2)38(17)3)26-12-24(31)23(20-13-35-28(36-14-20)39-4-6-42-7-5-39)11-25(26)37-27(41)19-8-21(29(32,33)34)10-22(30)9-19/h8-14,17-18H,4-7,15-16H2,1-3H3,(H,37,41)/t17-,18+. The van der Waals surface area contributed by atoms with E-state index in [0.717, 1.165) is 18.2 Å². The molecule has 0 radical (unpaired) electrons. The quantitative estimate of drug-likeness (QED) is 0.381. The fourth-order valence-corrected chi connectivity index (χ4v) is 5.45. The number of nitrogens with one attached hydrogen (secondary N) is 1. The van der Waals surface area contributed by atoms with Crippen LogP contribution in [0.2, 0.25) is 5.02 Å². The Morgan fingerprint density at radius 1 is 1.00 bits per heavy atom. The molecule has 0 aliphatic carbocycles. The lowest BCUT2D eigenvalue weighted by Gasteiger charge is -2.44. The zero-order valence-electron chi connectivity index (χ0n) is 23.4. The van der Waals surface area contributed by atoms with Crippen molar-refractivity contribution in [3.63, 3.8) is 0 Å². The van der Waals surface area contributed by atoms with Gasteiger partial charge in [0.25, 0.3) is 5.91 Å². The molecule has 0 unspecified atom stereocenters. The maximum Gasteiger partial charge on any atom is 0.416 e. The van der Waals surface area contributed by atoms with Crippen LogP contribution in [0, 0.1) is 5.82 Å². The van der Waals surface area contributed by atoms with Crippen LogP contribution < -0.4 is 15.1 Å². The Labute approximate surface area is 246 Å². The normalized spacial score (nSPS) is 20.1. The van der Waals surface area contributed by atoms with Crippen molar-refractivity contribution in [3.8, 4) is 11.1 Å². The summed E-state index contributed by atoms with van der Waals surface area (Å²) in [5, 5.41) is 2.49. The molecule has 0 bridgehead atoms. The molecule has 2 saturated heterocycles. The number of alkyl halides is 3. The SMILES string of the molecule is C[C@@H]1CN(c2cc(F)c(-c3cnc(N4CCOCC4)nc3)cc2NC(=O)c2cc(Cl)cc(C(F)(F)F)c2)C[C@H](C)N1C.